The fourth-order valence-corrected chi connectivity index (χ4v) is 3.31. The van der Waals surface area contributed by atoms with E-state index >= 15 is 0 Å². The Balaban J connectivity index is 3.01. The number of ether oxygens (including phenoxy) is 1. The lowest BCUT2D eigenvalue weighted by molar-refractivity contribution is -0.143. The van der Waals surface area contributed by atoms with Gasteiger partial charge in [0.1, 0.15) is 12.4 Å². The maximum Gasteiger partial charge on any atom is 0.321 e. The summed E-state index contributed by atoms with van der Waals surface area (Å²) in [6, 6.07) is 0. The van der Waals surface area contributed by atoms with E-state index in [0.717, 1.165) is 10.7 Å². The predicted molar refractivity (Wildman–Crippen MR) is 78.3 cm³/mol. The van der Waals surface area contributed by atoms with Crippen molar-refractivity contribution in [2.45, 2.75) is 45.7 Å². The van der Waals surface area contributed by atoms with E-state index in [-0.39, 0.29) is 24.7 Å². The smallest absolute Gasteiger partial charge is 0.321 e. The zero-order chi connectivity index (χ0) is 16.0. The largest absolute Gasteiger partial charge is 0.465 e. The van der Waals surface area contributed by atoms with Gasteiger partial charge in [-0.2, -0.15) is 4.31 Å². The van der Waals surface area contributed by atoms with Gasteiger partial charge in [-0.15, -0.1) is 0 Å². The Bertz CT molecular complexity index is 580. The van der Waals surface area contributed by atoms with Crippen LogP contribution in [0.2, 0.25) is 0 Å². The second-order valence-corrected chi connectivity index (χ2v) is 6.44. The minimum atomic E-state index is -3.78. The molecule has 120 valence electrons. The standard InChI is InChI=1S/C13H23N3O4S/c1-5-8-15-9-12(14-11(15)4)21(18,19)16(6-2)10-13(17)20-7-3/h9H,5-8,10H2,1-4H3. The summed E-state index contributed by atoms with van der Waals surface area (Å²) in [6.07, 6.45) is 2.40. The second-order valence-electron chi connectivity index (χ2n) is 4.56. The summed E-state index contributed by atoms with van der Waals surface area (Å²) in [7, 11) is -3.78. The quantitative estimate of drug-likeness (QED) is 0.672. The lowest BCUT2D eigenvalue weighted by Gasteiger charge is -2.17. The molecular weight excluding hydrogens is 294 g/mol. The van der Waals surface area contributed by atoms with Crippen molar-refractivity contribution in [3.05, 3.63) is 12.0 Å². The van der Waals surface area contributed by atoms with E-state index in [1.165, 1.54) is 6.20 Å². The molecule has 1 heterocycles. The molecule has 1 aromatic heterocycles. The number of hydrogen-bond acceptors (Lipinski definition) is 5. The molecule has 7 nitrogen and oxygen atoms in total. The molecule has 8 heteroatoms. The van der Waals surface area contributed by atoms with Crippen LogP contribution in [-0.2, 0) is 26.1 Å². The van der Waals surface area contributed by atoms with E-state index < -0.39 is 16.0 Å². The van der Waals surface area contributed by atoms with E-state index in [0.29, 0.717) is 12.4 Å². The Kier molecular flexibility index (Phi) is 6.35. The van der Waals surface area contributed by atoms with Gasteiger partial charge in [-0.25, -0.2) is 13.4 Å². The number of aryl methyl sites for hydroxylation is 2. The average Bonchev–Trinajstić information content (AvgIpc) is 2.79. The van der Waals surface area contributed by atoms with Crippen LogP contribution in [0.4, 0.5) is 0 Å². The third-order valence-corrected chi connectivity index (χ3v) is 4.78. The molecule has 0 aliphatic rings. The molecule has 1 rings (SSSR count). The van der Waals surface area contributed by atoms with Crippen molar-refractivity contribution in [3.63, 3.8) is 0 Å². The molecule has 0 unspecified atom stereocenters. The van der Waals surface area contributed by atoms with Gasteiger partial charge in [0.2, 0.25) is 0 Å². The van der Waals surface area contributed by atoms with Crippen LogP contribution in [0.25, 0.3) is 0 Å². The lowest BCUT2D eigenvalue weighted by Crippen LogP contribution is -2.36. The Morgan fingerprint density at radius 2 is 2.05 bits per heavy atom. The van der Waals surface area contributed by atoms with E-state index in [4.69, 9.17) is 4.74 Å². The first-order valence-corrected chi connectivity index (χ1v) is 8.50. The topological polar surface area (TPSA) is 81.5 Å². The number of aromatic nitrogens is 2. The maximum absolute atomic E-state index is 12.5. The number of likely N-dealkylation sites (N-methyl/N-ethyl adjacent to an activating group) is 1. The van der Waals surface area contributed by atoms with Crippen LogP contribution in [0.15, 0.2) is 11.2 Å². The minimum Gasteiger partial charge on any atom is -0.465 e. The molecule has 0 saturated carbocycles. The van der Waals surface area contributed by atoms with Crippen LogP contribution in [0.3, 0.4) is 0 Å². The van der Waals surface area contributed by atoms with Crippen molar-refractivity contribution >= 4 is 16.0 Å². The van der Waals surface area contributed by atoms with Crippen molar-refractivity contribution in [1.29, 1.82) is 0 Å². The minimum absolute atomic E-state index is 0.0281. The van der Waals surface area contributed by atoms with Crippen molar-refractivity contribution in [2.24, 2.45) is 0 Å². The summed E-state index contributed by atoms with van der Waals surface area (Å²) in [5.74, 6) is 0.0789. The zero-order valence-corrected chi connectivity index (χ0v) is 13.8. The summed E-state index contributed by atoms with van der Waals surface area (Å²) in [4.78, 5) is 15.6. The van der Waals surface area contributed by atoms with E-state index in [1.54, 1.807) is 25.3 Å². The highest BCUT2D eigenvalue weighted by molar-refractivity contribution is 7.89. The first-order valence-electron chi connectivity index (χ1n) is 7.06. The fourth-order valence-electron chi connectivity index (χ4n) is 1.92. The number of carbonyl (C=O) groups is 1. The Hall–Kier alpha value is -1.41. The van der Waals surface area contributed by atoms with Gasteiger partial charge in [-0.3, -0.25) is 4.79 Å². The Labute approximate surface area is 126 Å². The van der Waals surface area contributed by atoms with Crippen LogP contribution in [-0.4, -0.2) is 47.9 Å². The molecule has 21 heavy (non-hydrogen) atoms. The summed E-state index contributed by atoms with van der Waals surface area (Å²) >= 11 is 0. The number of imidazole rings is 1. The molecule has 0 aliphatic heterocycles. The number of sulfonamides is 1. The number of hydrogen-bond donors (Lipinski definition) is 0. The van der Waals surface area contributed by atoms with Crippen molar-refractivity contribution in [2.75, 3.05) is 19.7 Å². The lowest BCUT2D eigenvalue weighted by atomic mass is 10.5. The van der Waals surface area contributed by atoms with Crippen molar-refractivity contribution < 1.29 is 17.9 Å². The number of esters is 1. The number of rotatable bonds is 8. The summed E-state index contributed by atoms with van der Waals surface area (Å²) in [6.45, 7) is 7.93. The maximum atomic E-state index is 12.5. The molecule has 0 radical (unpaired) electrons. The second kappa shape index (κ2) is 7.56. The molecular formula is C13H23N3O4S. The van der Waals surface area contributed by atoms with Gasteiger partial charge in [0.05, 0.1) is 6.61 Å². The first-order chi connectivity index (χ1) is 9.86. The van der Waals surface area contributed by atoms with Crippen LogP contribution >= 0.6 is 0 Å². The van der Waals surface area contributed by atoms with Gasteiger partial charge in [-0.05, 0) is 20.3 Å². The molecule has 0 spiro atoms. The molecule has 0 saturated heterocycles. The number of nitrogens with zero attached hydrogens (tertiary/aromatic N) is 3. The van der Waals surface area contributed by atoms with Gasteiger partial charge in [0.15, 0.2) is 5.03 Å². The molecule has 0 atom stereocenters. The third kappa shape index (κ3) is 4.28. The van der Waals surface area contributed by atoms with Gasteiger partial charge in [0, 0.05) is 19.3 Å². The summed E-state index contributed by atoms with van der Waals surface area (Å²) < 4.78 is 32.7. The molecule has 0 aliphatic carbocycles. The number of carbonyl (C=O) groups excluding carboxylic acids is 1. The first kappa shape index (κ1) is 17.6. The van der Waals surface area contributed by atoms with E-state index in [2.05, 4.69) is 4.98 Å². The van der Waals surface area contributed by atoms with Crippen LogP contribution in [0.1, 0.15) is 33.0 Å². The molecule has 0 bridgehead atoms. The highest BCUT2D eigenvalue weighted by Crippen LogP contribution is 2.15. The van der Waals surface area contributed by atoms with Crippen LogP contribution in [0, 0.1) is 6.92 Å². The fraction of sp³-hybridized carbons (Fsp3) is 0.692. The van der Waals surface area contributed by atoms with Crippen LogP contribution < -0.4 is 0 Å². The summed E-state index contributed by atoms with van der Waals surface area (Å²) in [5, 5.41) is -0.0281. The third-order valence-electron chi connectivity index (χ3n) is 2.99. The zero-order valence-electron chi connectivity index (χ0n) is 13.0. The average molecular weight is 317 g/mol. The molecule has 1 aromatic rings. The van der Waals surface area contributed by atoms with Gasteiger partial charge >= 0.3 is 5.97 Å². The van der Waals surface area contributed by atoms with Gasteiger partial charge in [0.25, 0.3) is 10.0 Å². The Morgan fingerprint density at radius 3 is 2.57 bits per heavy atom. The SMILES string of the molecule is CCCn1cc(S(=O)(=O)N(CC)CC(=O)OCC)nc1C. The monoisotopic (exact) mass is 317 g/mol. The summed E-state index contributed by atoms with van der Waals surface area (Å²) in [5.41, 5.74) is 0. The molecule has 0 aromatic carbocycles. The van der Waals surface area contributed by atoms with Crippen molar-refractivity contribution in [3.8, 4) is 0 Å². The predicted octanol–water partition coefficient (Wildman–Crippen LogP) is 1.18. The normalized spacial score (nSPS) is 11.9. The van der Waals surface area contributed by atoms with Crippen molar-refractivity contribution in [1.82, 2.24) is 13.9 Å². The highest BCUT2D eigenvalue weighted by Gasteiger charge is 2.28. The van der Waals surface area contributed by atoms with Crippen LogP contribution in [0.5, 0.6) is 0 Å². The molecule has 0 fully saturated rings. The van der Waals surface area contributed by atoms with E-state index in [9.17, 15) is 13.2 Å². The molecule has 0 N–H and O–H groups in total. The molecule has 0 amide bonds. The Morgan fingerprint density at radius 1 is 1.38 bits per heavy atom. The highest BCUT2D eigenvalue weighted by atomic mass is 32.2. The van der Waals surface area contributed by atoms with Gasteiger partial charge in [-0.1, -0.05) is 13.8 Å². The van der Waals surface area contributed by atoms with E-state index in [1.807, 2.05) is 6.92 Å². The van der Waals surface area contributed by atoms with Gasteiger partial charge < -0.3 is 9.30 Å².